The third-order valence-corrected chi connectivity index (χ3v) is 1.53. The van der Waals surface area contributed by atoms with Crippen LogP contribution >= 0.6 is 0 Å². The Morgan fingerprint density at radius 1 is 1.17 bits per heavy atom. The number of hydrogen-bond acceptors (Lipinski definition) is 1. The van der Waals surface area contributed by atoms with Gasteiger partial charge in [0, 0.05) is 11.6 Å². The van der Waals surface area contributed by atoms with Crippen molar-refractivity contribution in [3.8, 4) is 0 Å². The van der Waals surface area contributed by atoms with Crippen LogP contribution in [0.5, 0.6) is 0 Å². The first kappa shape index (κ1) is 9.06. The summed E-state index contributed by atoms with van der Waals surface area (Å²) in [5.41, 5.74) is 4.83. The van der Waals surface area contributed by atoms with Gasteiger partial charge in [-0.15, -0.1) is 0 Å². The minimum Gasteiger partial charge on any atom is -0.324 e. The van der Waals surface area contributed by atoms with Gasteiger partial charge >= 0.3 is 0 Å². The summed E-state index contributed by atoms with van der Waals surface area (Å²) in [6, 6.07) is 0.744. The molecule has 66 valence electrons. The average Bonchev–Trinajstić information content (AvgIpc) is 1.97. The largest absolute Gasteiger partial charge is 0.324 e. The number of hydrogen-bond donors (Lipinski definition) is 1. The van der Waals surface area contributed by atoms with Crippen LogP contribution in [-0.2, 0) is 0 Å². The lowest BCUT2D eigenvalue weighted by Crippen LogP contribution is -2.11. The Hall–Kier alpha value is -1.03. The molecule has 1 atom stereocenters. The molecule has 1 aromatic carbocycles. The van der Waals surface area contributed by atoms with Crippen molar-refractivity contribution in [3.63, 3.8) is 0 Å². The lowest BCUT2D eigenvalue weighted by atomic mass is 10.1. The Morgan fingerprint density at radius 3 is 2.08 bits per heavy atom. The number of benzene rings is 1. The summed E-state index contributed by atoms with van der Waals surface area (Å²) >= 11 is 0. The smallest absolute Gasteiger partial charge is 0.166 e. The number of nitrogens with two attached hydrogens (primary N) is 1. The van der Waals surface area contributed by atoms with Gasteiger partial charge in [0.1, 0.15) is 5.82 Å². The van der Waals surface area contributed by atoms with E-state index in [4.69, 9.17) is 5.73 Å². The Balaban J connectivity index is 3.33. The second-order valence-corrected chi connectivity index (χ2v) is 2.55. The monoisotopic (exact) mass is 175 g/mol. The predicted octanol–water partition coefficient (Wildman–Crippen LogP) is 2.12. The number of halogens is 3. The molecule has 1 aromatic rings. The summed E-state index contributed by atoms with van der Waals surface area (Å²) in [4.78, 5) is 0. The molecular weight excluding hydrogens is 167 g/mol. The molecule has 0 aromatic heterocycles. The molecule has 0 amide bonds. The van der Waals surface area contributed by atoms with Gasteiger partial charge in [0.15, 0.2) is 11.6 Å². The summed E-state index contributed by atoms with van der Waals surface area (Å²) < 4.78 is 38.1. The van der Waals surface area contributed by atoms with Crippen molar-refractivity contribution in [2.24, 2.45) is 5.73 Å². The third-order valence-electron chi connectivity index (χ3n) is 1.53. The van der Waals surface area contributed by atoms with E-state index in [1.165, 1.54) is 6.92 Å². The Bertz CT molecular complexity index is 297. The van der Waals surface area contributed by atoms with Crippen LogP contribution in [0, 0.1) is 17.5 Å². The van der Waals surface area contributed by atoms with Crippen LogP contribution in [-0.4, -0.2) is 0 Å². The molecule has 1 rings (SSSR count). The molecule has 2 N–H and O–H groups in total. The van der Waals surface area contributed by atoms with E-state index in [0.29, 0.717) is 0 Å². The standard InChI is InChI=1S/C8H8F3N/c1-4(12)7-5(9)2-3-6(10)8(7)11/h2-4H,12H2,1H3. The summed E-state index contributed by atoms with van der Waals surface area (Å²) in [5, 5.41) is 0. The van der Waals surface area contributed by atoms with Gasteiger partial charge in [0.25, 0.3) is 0 Å². The lowest BCUT2D eigenvalue weighted by Gasteiger charge is -2.08. The minimum atomic E-state index is -1.20. The Morgan fingerprint density at radius 2 is 1.67 bits per heavy atom. The second kappa shape index (κ2) is 3.15. The normalized spacial score (nSPS) is 13.1. The van der Waals surface area contributed by atoms with Gasteiger partial charge in [0.2, 0.25) is 0 Å². The van der Waals surface area contributed by atoms with Crippen molar-refractivity contribution in [2.45, 2.75) is 13.0 Å². The molecule has 12 heavy (non-hydrogen) atoms. The molecule has 4 heteroatoms. The molecule has 0 heterocycles. The van der Waals surface area contributed by atoms with Crippen LogP contribution in [0.1, 0.15) is 18.5 Å². The summed E-state index contributed by atoms with van der Waals surface area (Å²) in [6.07, 6.45) is 0. The van der Waals surface area contributed by atoms with E-state index in [0.717, 1.165) is 12.1 Å². The zero-order valence-corrected chi connectivity index (χ0v) is 6.44. The summed E-state index contributed by atoms with van der Waals surface area (Å²) in [6.45, 7) is 1.39. The highest BCUT2D eigenvalue weighted by molar-refractivity contribution is 5.23. The zero-order valence-electron chi connectivity index (χ0n) is 6.44. The van der Waals surface area contributed by atoms with E-state index < -0.39 is 29.1 Å². The van der Waals surface area contributed by atoms with Gasteiger partial charge in [-0.2, -0.15) is 0 Å². The fraction of sp³-hybridized carbons (Fsp3) is 0.250. The van der Waals surface area contributed by atoms with Crippen LogP contribution in [0.25, 0.3) is 0 Å². The van der Waals surface area contributed by atoms with E-state index in [1.807, 2.05) is 0 Å². The van der Waals surface area contributed by atoms with Crippen molar-refractivity contribution in [1.29, 1.82) is 0 Å². The van der Waals surface area contributed by atoms with Gasteiger partial charge in [-0.05, 0) is 19.1 Å². The molecule has 0 bridgehead atoms. The molecule has 1 unspecified atom stereocenters. The van der Waals surface area contributed by atoms with Crippen LogP contribution in [0.4, 0.5) is 13.2 Å². The first-order valence-corrected chi connectivity index (χ1v) is 3.43. The van der Waals surface area contributed by atoms with Gasteiger partial charge in [-0.3, -0.25) is 0 Å². The van der Waals surface area contributed by atoms with E-state index in [-0.39, 0.29) is 0 Å². The van der Waals surface area contributed by atoms with Crippen molar-refractivity contribution >= 4 is 0 Å². The van der Waals surface area contributed by atoms with Crippen molar-refractivity contribution in [2.75, 3.05) is 0 Å². The van der Waals surface area contributed by atoms with Crippen molar-refractivity contribution in [1.82, 2.24) is 0 Å². The molecular formula is C8H8F3N. The van der Waals surface area contributed by atoms with Crippen LogP contribution < -0.4 is 5.73 Å². The average molecular weight is 175 g/mol. The highest BCUT2D eigenvalue weighted by atomic mass is 19.2. The molecule has 0 aliphatic rings. The maximum atomic E-state index is 12.8. The van der Waals surface area contributed by atoms with E-state index in [9.17, 15) is 13.2 Å². The first-order chi connectivity index (χ1) is 5.54. The van der Waals surface area contributed by atoms with Crippen molar-refractivity contribution < 1.29 is 13.2 Å². The molecule has 0 saturated carbocycles. The highest BCUT2D eigenvalue weighted by Gasteiger charge is 2.16. The van der Waals surface area contributed by atoms with E-state index in [2.05, 4.69) is 0 Å². The molecule has 1 nitrogen and oxygen atoms in total. The fourth-order valence-corrected chi connectivity index (χ4v) is 0.960. The quantitative estimate of drug-likeness (QED) is 0.650. The van der Waals surface area contributed by atoms with Crippen molar-refractivity contribution in [3.05, 3.63) is 35.1 Å². The zero-order chi connectivity index (χ0) is 9.30. The first-order valence-electron chi connectivity index (χ1n) is 3.43. The van der Waals surface area contributed by atoms with Gasteiger partial charge < -0.3 is 5.73 Å². The lowest BCUT2D eigenvalue weighted by molar-refractivity contribution is 0.470. The maximum Gasteiger partial charge on any atom is 0.166 e. The summed E-state index contributed by atoms with van der Waals surface area (Å²) in [5.74, 6) is -3.10. The Labute approximate surface area is 68.0 Å². The minimum absolute atomic E-state index is 0.407. The molecule has 0 saturated heterocycles. The van der Waals surface area contributed by atoms with E-state index in [1.54, 1.807) is 0 Å². The molecule has 0 aliphatic heterocycles. The fourth-order valence-electron chi connectivity index (χ4n) is 0.960. The Kier molecular flexibility index (Phi) is 2.38. The topological polar surface area (TPSA) is 26.0 Å². The summed E-state index contributed by atoms with van der Waals surface area (Å²) in [7, 11) is 0. The highest BCUT2D eigenvalue weighted by Crippen LogP contribution is 2.20. The maximum absolute atomic E-state index is 12.8. The molecule has 0 spiro atoms. The third kappa shape index (κ3) is 1.43. The molecule has 0 fully saturated rings. The van der Waals surface area contributed by atoms with Gasteiger partial charge in [-0.25, -0.2) is 13.2 Å². The van der Waals surface area contributed by atoms with Crippen LogP contribution in [0.15, 0.2) is 12.1 Å². The second-order valence-electron chi connectivity index (χ2n) is 2.55. The van der Waals surface area contributed by atoms with E-state index >= 15 is 0 Å². The molecule has 0 aliphatic carbocycles. The predicted molar refractivity (Wildman–Crippen MR) is 38.9 cm³/mol. The number of rotatable bonds is 1. The SMILES string of the molecule is CC(N)c1c(F)ccc(F)c1F. The van der Waals surface area contributed by atoms with Gasteiger partial charge in [0.05, 0.1) is 0 Å². The van der Waals surface area contributed by atoms with Crippen LogP contribution in [0.3, 0.4) is 0 Å². The van der Waals surface area contributed by atoms with Crippen LogP contribution in [0.2, 0.25) is 0 Å². The van der Waals surface area contributed by atoms with Gasteiger partial charge in [-0.1, -0.05) is 0 Å². The molecule has 0 radical (unpaired) electrons.